The molecule has 0 heterocycles. The maximum atomic E-state index is 12.0. The lowest BCUT2D eigenvalue weighted by atomic mass is 10.1. The van der Waals surface area contributed by atoms with Crippen LogP contribution in [0, 0.1) is 23.0 Å². The number of rotatable bonds is 6. The summed E-state index contributed by atoms with van der Waals surface area (Å²) in [6, 6.07) is 4.54. The van der Waals surface area contributed by atoms with Gasteiger partial charge in [-0.15, -0.1) is 0 Å². The number of hydrogen-bond acceptors (Lipinski definition) is 3. The van der Waals surface area contributed by atoms with Gasteiger partial charge in [-0.05, 0) is 30.9 Å². The Kier molecular flexibility index (Phi) is 5.95. The average molecular weight is 329 g/mol. The molecule has 1 aromatic carbocycles. The monoisotopic (exact) mass is 328 g/mol. The molecule has 19 heavy (non-hydrogen) atoms. The summed E-state index contributed by atoms with van der Waals surface area (Å²) in [6.45, 7) is 4.33. The number of halogens is 1. The predicted molar refractivity (Wildman–Crippen MR) is 77.7 cm³/mol. The van der Waals surface area contributed by atoms with E-state index in [1.165, 1.54) is 6.07 Å². The fourth-order valence-electron chi connectivity index (χ4n) is 1.64. The van der Waals surface area contributed by atoms with Gasteiger partial charge in [-0.3, -0.25) is 14.9 Å². The first-order valence-electron chi connectivity index (χ1n) is 6.05. The summed E-state index contributed by atoms with van der Waals surface area (Å²) in [7, 11) is 0. The molecule has 0 saturated heterocycles. The van der Waals surface area contributed by atoms with Gasteiger partial charge in [0.25, 0.3) is 11.6 Å². The number of benzene rings is 1. The van der Waals surface area contributed by atoms with Gasteiger partial charge in [0.05, 0.1) is 4.92 Å². The van der Waals surface area contributed by atoms with Crippen molar-refractivity contribution in [2.75, 3.05) is 11.9 Å². The Bertz CT molecular complexity index is 477. The van der Waals surface area contributed by atoms with E-state index in [1.807, 2.05) is 6.92 Å². The van der Waals surface area contributed by atoms with Crippen molar-refractivity contribution in [3.05, 3.63) is 39.4 Å². The molecule has 0 spiro atoms. The Labute approximate surface area is 120 Å². The van der Waals surface area contributed by atoms with Crippen LogP contribution >= 0.6 is 15.9 Å². The molecule has 1 unspecified atom stereocenters. The van der Waals surface area contributed by atoms with Crippen LogP contribution in [0.1, 0.15) is 29.3 Å². The molecule has 0 saturated carbocycles. The Morgan fingerprint density at radius 1 is 1.53 bits per heavy atom. The van der Waals surface area contributed by atoms with Gasteiger partial charge < -0.3 is 5.32 Å². The van der Waals surface area contributed by atoms with Crippen molar-refractivity contribution in [1.82, 2.24) is 5.32 Å². The molecule has 1 atom stereocenters. The minimum absolute atomic E-state index is 0.121. The van der Waals surface area contributed by atoms with Crippen molar-refractivity contribution in [3.63, 3.8) is 0 Å². The van der Waals surface area contributed by atoms with Crippen LogP contribution in [0.5, 0.6) is 0 Å². The number of nitro groups is 1. The minimum atomic E-state index is -0.531. The number of nitrogens with zero attached hydrogens (tertiary/aromatic N) is 1. The van der Waals surface area contributed by atoms with Crippen molar-refractivity contribution in [3.8, 4) is 0 Å². The molecule has 0 bridgehead atoms. The lowest BCUT2D eigenvalue weighted by Crippen LogP contribution is -2.29. The summed E-state index contributed by atoms with van der Waals surface area (Å²) in [5.74, 6) is -0.0657. The summed E-state index contributed by atoms with van der Waals surface area (Å²) in [5, 5.41) is 14.5. The zero-order chi connectivity index (χ0) is 14.4. The van der Waals surface area contributed by atoms with Crippen LogP contribution in [0.15, 0.2) is 18.2 Å². The van der Waals surface area contributed by atoms with Crippen molar-refractivity contribution >= 4 is 27.5 Å². The second-order valence-corrected chi connectivity index (χ2v) is 5.36. The van der Waals surface area contributed by atoms with Crippen LogP contribution in [0.2, 0.25) is 0 Å². The van der Waals surface area contributed by atoms with Gasteiger partial charge in [-0.2, -0.15) is 0 Å². The number of amides is 1. The fourth-order valence-corrected chi connectivity index (χ4v) is 2.42. The van der Waals surface area contributed by atoms with Gasteiger partial charge in [0.1, 0.15) is 5.56 Å². The van der Waals surface area contributed by atoms with Gasteiger partial charge in [0.2, 0.25) is 0 Å². The van der Waals surface area contributed by atoms with Gasteiger partial charge >= 0.3 is 0 Å². The van der Waals surface area contributed by atoms with E-state index in [0.29, 0.717) is 12.5 Å². The van der Waals surface area contributed by atoms with Crippen molar-refractivity contribution < 1.29 is 9.72 Å². The first-order valence-corrected chi connectivity index (χ1v) is 7.17. The molecule has 0 fully saturated rings. The van der Waals surface area contributed by atoms with Crippen LogP contribution < -0.4 is 5.32 Å². The first kappa shape index (κ1) is 15.6. The van der Waals surface area contributed by atoms with Crippen LogP contribution in [-0.4, -0.2) is 22.7 Å². The van der Waals surface area contributed by atoms with E-state index in [-0.39, 0.29) is 11.3 Å². The third kappa shape index (κ3) is 4.63. The predicted octanol–water partition coefficient (Wildman–Crippen LogP) is 3.05. The zero-order valence-corrected chi connectivity index (χ0v) is 12.6. The Hall–Kier alpha value is -1.43. The van der Waals surface area contributed by atoms with Crippen molar-refractivity contribution in [1.29, 1.82) is 0 Å². The number of nitro benzene ring substituents is 1. The fraction of sp³-hybridized carbons (Fsp3) is 0.462. The summed E-state index contributed by atoms with van der Waals surface area (Å²) >= 11 is 3.34. The summed E-state index contributed by atoms with van der Waals surface area (Å²) in [4.78, 5) is 22.4. The number of alkyl halides is 1. The molecule has 6 heteroatoms. The standard InChI is InChI=1S/C13H17BrN2O3/c1-9-3-4-12(16(18)19)11(7-9)13(17)15-8-10(2)5-6-14/h3-4,7,10H,5-6,8H2,1-2H3,(H,15,17). The Balaban J connectivity index is 2.81. The minimum Gasteiger partial charge on any atom is -0.352 e. The molecule has 0 aliphatic heterocycles. The second kappa shape index (κ2) is 7.23. The van der Waals surface area contributed by atoms with Gasteiger partial charge in [-0.1, -0.05) is 28.9 Å². The molecule has 5 nitrogen and oxygen atoms in total. The highest BCUT2D eigenvalue weighted by Crippen LogP contribution is 2.19. The number of aryl methyl sites for hydroxylation is 1. The number of nitrogens with one attached hydrogen (secondary N) is 1. The maximum absolute atomic E-state index is 12.0. The zero-order valence-electron chi connectivity index (χ0n) is 11.0. The van der Waals surface area contributed by atoms with Crippen LogP contribution in [-0.2, 0) is 0 Å². The van der Waals surface area contributed by atoms with E-state index in [9.17, 15) is 14.9 Å². The quantitative estimate of drug-likeness (QED) is 0.495. The average Bonchev–Trinajstić information content (AvgIpc) is 2.35. The molecule has 1 amide bonds. The molecule has 0 radical (unpaired) electrons. The van der Waals surface area contributed by atoms with Crippen LogP contribution in [0.25, 0.3) is 0 Å². The SMILES string of the molecule is Cc1ccc([N+](=O)[O-])c(C(=O)NCC(C)CCBr)c1. The summed E-state index contributed by atoms with van der Waals surface area (Å²) in [5.41, 5.74) is 0.788. The van der Waals surface area contributed by atoms with E-state index in [1.54, 1.807) is 19.1 Å². The molecule has 0 aliphatic carbocycles. The van der Waals surface area contributed by atoms with Gasteiger partial charge in [-0.25, -0.2) is 0 Å². The number of carbonyl (C=O) groups is 1. The summed E-state index contributed by atoms with van der Waals surface area (Å²) in [6.07, 6.45) is 0.941. The van der Waals surface area contributed by atoms with E-state index in [4.69, 9.17) is 0 Å². The molecule has 0 aromatic heterocycles. The molecule has 1 rings (SSSR count). The molecule has 0 aliphatic rings. The first-order chi connectivity index (χ1) is 8.95. The lowest BCUT2D eigenvalue weighted by molar-refractivity contribution is -0.385. The molecule has 104 valence electrons. The third-order valence-corrected chi connectivity index (χ3v) is 3.26. The normalized spacial score (nSPS) is 11.9. The van der Waals surface area contributed by atoms with E-state index >= 15 is 0 Å². The van der Waals surface area contributed by atoms with Crippen molar-refractivity contribution in [2.24, 2.45) is 5.92 Å². The van der Waals surface area contributed by atoms with Gasteiger partial charge in [0, 0.05) is 17.9 Å². The summed E-state index contributed by atoms with van der Waals surface area (Å²) < 4.78 is 0. The van der Waals surface area contributed by atoms with E-state index in [2.05, 4.69) is 21.2 Å². The highest BCUT2D eigenvalue weighted by molar-refractivity contribution is 9.09. The van der Waals surface area contributed by atoms with E-state index < -0.39 is 10.8 Å². The van der Waals surface area contributed by atoms with E-state index in [0.717, 1.165) is 17.3 Å². The lowest BCUT2D eigenvalue weighted by Gasteiger charge is -2.11. The Morgan fingerprint density at radius 2 is 2.21 bits per heavy atom. The number of carbonyl (C=O) groups excluding carboxylic acids is 1. The molecular weight excluding hydrogens is 312 g/mol. The Morgan fingerprint density at radius 3 is 2.79 bits per heavy atom. The largest absolute Gasteiger partial charge is 0.352 e. The van der Waals surface area contributed by atoms with Crippen LogP contribution in [0.3, 0.4) is 0 Å². The highest BCUT2D eigenvalue weighted by Gasteiger charge is 2.20. The maximum Gasteiger partial charge on any atom is 0.282 e. The third-order valence-electron chi connectivity index (χ3n) is 2.81. The van der Waals surface area contributed by atoms with Gasteiger partial charge in [0.15, 0.2) is 0 Å². The van der Waals surface area contributed by atoms with Crippen molar-refractivity contribution in [2.45, 2.75) is 20.3 Å². The van der Waals surface area contributed by atoms with Crippen LogP contribution in [0.4, 0.5) is 5.69 Å². The second-order valence-electron chi connectivity index (χ2n) is 4.57. The topological polar surface area (TPSA) is 72.2 Å². The number of hydrogen-bond donors (Lipinski definition) is 1. The molecular formula is C13H17BrN2O3. The highest BCUT2D eigenvalue weighted by atomic mass is 79.9. The smallest absolute Gasteiger partial charge is 0.282 e. The molecule has 1 N–H and O–H groups in total. The molecule has 1 aromatic rings.